The van der Waals surface area contributed by atoms with Gasteiger partial charge >= 0.3 is 5.97 Å². The Morgan fingerprint density at radius 3 is 2.89 bits per heavy atom. The summed E-state index contributed by atoms with van der Waals surface area (Å²) in [5.41, 5.74) is 5.33. The average Bonchev–Trinajstić information content (AvgIpc) is 2.81. The van der Waals surface area contributed by atoms with Gasteiger partial charge in [-0.3, -0.25) is 9.59 Å². The topological polar surface area (TPSA) is 92.4 Å². The van der Waals surface area contributed by atoms with Gasteiger partial charge in [-0.25, -0.2) is 0 Å². The van der Waals surface area contributed by atoms with Crippen LogP contribution >= 0.6 is 23.1 Å². The molecule has 1 unspecified atom stereocenters. The molecule has 2 atom stereocenters. The predicted octanol–water partition coefficient (Wildman–Crippen LogP) is 1.07. The number of hydrogen-bond donors (Lipinski definition) is 3. The second kappa shape index (κ2) is 7.40. The molecule has 4 N–H and O–H groups in total. The Labute approximate surface area is 114 Å². The summed E-state index contributed by atoms with van der Waals surface area (Å²) >= 11 is 2.81. The molecule has 0 aliphatic carbocycles. The SMILES string of the molecule is CC(NC(=O)CSC[C@@H](N)C(=O)O)c1cccs1. The molecule has 0 radical (unpaired) electrons. The van der Waals surface area contributed by atoms with E-state index in [1.165, 1.54) is 11.8 Å². The Morgan fingerprint density at radius 2 is 2.33 bits per heavy atom. The van der Waals surface area contributed by atoms with E-state index >= 15 is 0 Å². The third-order valence-corrected chi connectivity index (χ3v) is 4.31. The summed E-state index contributed by atoms with van der Waals surface area (Å²) in [7, 11) is 0. The monoisotopic (exact) mass is 288 g/mol. The van der Waals surface area contributed by atoms with Crippen molar-refractivity contribution in [1.29, 1.82) is 0 Å². The fraction of sp³-hybridized carbons (Fsp3) is 0.455. The van der Waals surface area contributed by atoms with E-state index in [0.717, 1.165) is 4.88 Å². The van der Waals surface area contributed by atoms with Crippen LogP contribution in [-0.2, 0) is 9.59 Å². The molecule has 0 spiro atoms. The first kappa shape index (κ1) is 15.0. The fourth-order valence-electron chi connectivity index (χ4n) is 1.24. The van der Waals surface area contributed by atoms with Crippen molar-refractivity contribution in [3.05, 3.63) is 22.4 Å². The molecule has 0 saturated heterocycles. The number of carbonyl (C=O) groups is 2. The van der Waals surface area contributed by atoms with Crippen LogP contribution in [0.15, 0.2) is 17.5 Å². The largest absolute Gasteiger partial charge is 0.480 e. The van der Waals surface area contributed by atoms with Gasteiger partial charge < -0.3 is 16.2 Å². The highest BCUT2D eigenvalue weighted by molar-refractivity contribution is 8.00. The van der Waals surface area contributed by atoms with Crippen LogP contribution in [0.3, 0.4) is 0 Å². The summed E-state index contributed by atoms with van der Waals surface area (Å²) in [4.78, 5) is 23.1. The summed E-state index contributed by atoms with van der Waals surface area (Å²) < 4.78 is 0. The van der Waals surface area contributed by atoms with Crippen LogP contribution < -0.4 is 11.1 Å². The first-order valence-corrected chi connectivity index (χ1v) is 7.43. The Bertz CT molecular complexity index is 395. The average molecular weight is 288 g/mol. The van der Waals surface area contributed by atoms with Gasteiger partial charge in [0.05, 0.1) is 11.8 Å². The molecule has 1 heterocycles. The lowest BCUT2D eigenvalue weighted by Gasteiger charge is -2.12. The molecule has 18 heavy (non-hydrogen) atoms. The Balaban J connectivity index is 2.24. The van der Waals surface area contributed by atoms with Crippen molar-refractivity contribution in [3.63, 3.8) is 0 Å². The molecule has 0 aliphatic rings. The number of nitrogens with one attached hydrogen (secondary N) is 1. The molecule has 1 amide bonds. The van der Waals surface area contributed by atoms with Crippen LogP contribution in [0.1, 0.15) is 17.8 Å². The number of amides is 1. The molecular weight excluding hydrogens is 272 g/mol. The van der Waals surface area contributed by atoms with Gasteiger partial charge in [0.2, 0.25) is 5.91 Å². The molecule has 1 aromatic rings. The first-order chi connectivity index (χ1) is 8.50. The lowest BCUT2D eigenvalue weighted by Crippen LogP contribution is -2.34. The molecule has 5 nitrogen and oxygen atoms in total. The highest BCUT2D eigenvalue weighted by atomic mass is 32.2. The number of rotatable bonds is 7. The van der Waals surface area contributed by atoms with Crippen molar-refractivity contribution in [2.45, 2.75) is 19.0 Å². The molecule has 0 saturated carbocycles. The Kier molecular flexibility index (Phi) is 6.17. The van der Waals surface area contributed by atoms with E-state index in [-0.39, 0.29) is 23.5 Å². The zero-order chi connectivity index (χ0) is 13.5. The molecule has 0 aliphatic heterocycles. The van der Waals surface area contributed by atoms with E-state index in [1.54, 1.807) is 11.3 Å². The third kappa shape index (κ3) is 5.07. The quantitative estimate of drug-likeness (QED) is 0.698. The smallest absolute Gasteiger partial charge is 0.321 e. The van der Waals surface area contributed by atoms with Gasteiger partial charge in [-0.15, -0.1) is 23.1 Å². The number of carboxylic acids is 1. The minimum absolute atomic E-state index is 0.0220. The summed E-state index contributed by atoms with van der Waals surface area (Å²) in [6.07, 6.45) is 0. The van der Waals surface area contributed by atoms with Gasteiger partial charge in [-0.1, -0.05) is 6.07 Å². The van der Waals surface area contributed by atoms with Crippen LogP contribution in [0.4, 0.5) is 0 Å². The van der Waals surface area contributed by atoms with Gasteiger partial charge in [0.15, 0.2) is 0 Å². The maximum atomic E-state index is 11.6. The highest BCUT2D eigenvalue weighted by Crippen LogP contribution is 2.18. The lowest BCUT2D eigenvalue weighted by molar-refractivity contribution is -0.138. The lowest BCUT2D eigenvalue weighted by atomic mass is 10.3. The number of thioether (sulfide) groups is 1. The van der Waals surface area contributed by atoms with Gasteiger partial charge in [-0.2, -0.15) is 0 Å². The molecule has 0 fully saturated rings. The van der Waals surface area contributed by atoms with E-state index < -0.39 is 12.0 Å². The fourth-order valence-corrected chi connectivity index (χ4v) is 2.76. The summed E-state index contributed by atoms with van der Waals surface area (Å²) in [5, 5.41) is 13.4. The van der Waals surface area contributed by atoms with Crippen LogP contribution in [0.5, 0.6) is 0 Å². The van der Waals surface area contributed by atoms with Crippen molar-refractivity contribution < 1.29 is 14.7 Å². The Hall–Kier alpha value is -1.05. The molecule has 0 aromatic carbocycles. The summed E-state index contributed by atoms with van der Waals surface area (Å²) in [6.45, 7) is 1.91. The number of carboxylic acid groups (broad SMARTS) is 1. The van der Waals surface area contributed by atoms with Crippen molar-refractivity contribution >= 4 is 35.0 Å². The zero-order valence-electron chi connectivity index (χ0n) is 9.96. The summed E-state index contributed by atoms with van der Waals surface area (Å²) in [5.74, 6) is -0.708. The molecular formula is C11H16N2O3S2. The molecule has 7 heteroatoms. The summed E-state index contributed by atoms with van der Waals surface area (Å²) in [6, 6.07) is 2.95. The Morgan fingerprint density at radius 1 is 1.61 bits per heavy atom. The van der Waals surface area contributed by atoms with Crippen LogP contribution in [-0.4, -0.2) is 34.5 Å². The maximum Gasteiger partial charge on any atom is 0.321 e. The standard InChI is InChI=1S/C11H16N2O3S2/c1-7(9-3-2-4-18-9)13-10(14)6-17-5-8(12)11(15)16/h2-4,7-8H,5-6,12H2,1H3,(H,13,14)(H,15,16)/t7?,8-/m1/s1. The number of carbonyl (C=O) groups excluding carboxylic acids is 1. The minimum Gasteiger partial charge on any atom is -0.480 e. The maximum absolute atomic E-state index is 11.6. The third-order valence-electron chi connectivity index (χ3n) is 2.20. The second-order valence-corrected chi connectivity index (χ2v) is 5.77. The first-order valence-electron chi connectivity index (χ1n) is 5.39. The molecule has 100 valence electrons. The van der Waals surface area contributed by atoms with E-state index in [9.17, 15) is 9.59 Å². The van der Waals surface area contributed by atoms with E-state index in [2.05, 4.69) is 5.32 Å². The van der Waals surface area contributed by atoms with Crippen LogP contribution in [0.2, 0.25) is 0 Å². The van der Waals surface area contributed by atoms with E-state index in [1.807, 2.05) is 24.4 Å². The van der Waals surface area contributed by atoms with Gasteiger partial charge in [0.25, 0.3) is 0 Å². The molecule has 1 aromatic heterocycles. The van der Waals surface area contributed by atoms with Crippen molar-refractivity contribution in [2.75, 3.05) is 11.5 Å². The van der Waals surface area contributed by atoms with E-state index in [4.69, 9.17) is 10.8 Å². The minimum atomic E-state index is -1.05. The van der Waals surface area contributed by atoms with Gasteiger partial charge in [0.1, 0.15) is 6.04 Å². The van der Waals surface area contributed by atoms with Gasteiger partial charge in [-0.05, 0) is 18.4 Å². The van der Waals surface area contributed by atoms with E-state index in [0.29, 0.717) is 0 Å². The number of hydrogen-bond acceptors (Lipinski definition) is 5. The van der Waals surface area contributed by atoms with Gasteiger partial charge in [0, 0.05) is 10.6 Å². The van der Waals surface area contributed by atoms with Crippen molar-refractivity contribution in [2.24, 2.45) is 5.73 Å². The predicted molar refractivity (Wildman–Crippen MR) is 73.8 cm³/mol. The number of aliphatic carboxylic acids is 1. The van der Waals surface area contributed by atoms with Crippen molar-refractivity contribution in [3.8, 4) is 0 Å². The normalized spacial score (nSPS) is 13.9. The highest BCUT2D eigenvalue weighted by Gasteiger charge is 2.14. The van der Waals surface area contributed by atoms with Crippen LogP contribution in [0.25, 0.3) is 0 Å². The van der Waals surface area contributed by atoms with Crippen LogP contribution in [0, 0.1) is 0 Å². The molecule has 0 bridgehead atoms. The zero-order valence-corrected chi connectivity index (χ0v) is 11.6. The van der Waals surface area contributed by atoms with Crippen molar-refractivity contribution in [1.82, 2.24) is 5.32 Å². The second-order valence-electron chi connectivity index (χ2n) is 3.76. The number of nitrogens with two attached hydrogens (primary N) is 1. The number of thiophene rings is 1. The molecule has 1 rings (SSSR count).